The van der Waals surface area contributed by atoms with E-state index in [0.717, 1.165) is 58.0 Å². The van der Waals surface area contributed by atoms with E-state index in [0.29, 0.717) is 17.3 Å². The first-order chi connectivity index (χ1) is 20.0. The molecule has 3 aromatic heterocycles. The van der Waals surface area contributed by atoms with E-state index in [4.69, 9.17) is 4.42 Å². The minimum Gasteiger partial charge on any atom is -0.444 e. The molecule has 5 heterocycles. The quantitative estimate of drug-likeness (QED) is 0.297. The molecule has 3 aromatic rings. The molecule has 0 bridgehead atoms. The molecule has 10 nitrogen and oxygen atoms in total. The van der Waals surface area contributed by atoms with Crippen molar-refractivity contribution in [3.05, 3.63) is 42.2 Å². The summed E-state index contributed by atoms with van der Waals surface area (Å²) in [4.78, 5) is 24.0. The van der Waals surface area contributed by atoms with Crippen molar-refractivity contribution in [3.8, 4) is 11.5 Å². The van der Waals surface area contributed by atoms with Crippen molar-refractivity contribution in [1.82, 2.24) is 30.0 Å². The number of likely N-dealkylation sites (tertiary alicyclic amines) is 1. The van der Waals surface area contributed by atoms with E-state index in [1.165, 1.54) is 44.6 Å². The molecule has 1 amide bonds. The van der Waals surface area contributed by atoms with Crippen molar-refractivity contribution >= 4 is 17.4 Å². The number of oxazole rings is 1. The van der Waals surface area contributed by atoms with E-state index in [1.807, 2.05) is 6.07 Å². The Bertz CT molecular complexity index is 1310. The largest absolute Gasteiger partial charge is 0.444 e. The van der Waals surface area contributed by atoms with Crippen LogP contribution in [-0.2, 0) is 0 Å². The van der Waals surface area contributed by atoms with Gasteiger partial charge in [-0.1, -0.05) is 0 Å². The summed E-state index contributed by atoms with van der Waals surface area (Å²) in [7, 11) is 0. The molecule has 1 saturated carbocycles. The molecule has 12 heteroatoms. The molecule has 3 aliphatic rings. The first kappa shape index (κ1) is 27.8. The fraction of sp³-hybridized carbons (Fsp3) is 0.586. The minimum atomic E-state index is -2.82. The van der Waals surface area contributed by atoms with Gasteiger partial charge in [0.2, 0.25) is 5.89 Å². The second kappa shape index (κ2) is 12.6. The van der Waals surface area contributed by atoms with E-state index in [2.05, 4.69) is 35.9 Å². The summed E-state index contributed by atoms with van der Waals surface area (Å²) >= 11 is 0. The van der Waals surface area contributed by atoms with Crippen LogP contribution in [0.25, 0.3) is 11.5 Å². The molecule has 3 N–H and O–H groups in total. The SMILES string of the molecule is O=C(Nc1cn(C2CCN(CCC3CCNCC3)CC2)nc1C(F)F)c1coc(-c2ccnc(NCC3CC3)c2)n1. The van der Waals surface area contributed by atoms with Crippen LogP contribution in [0.1, 0.15) is 73.6 Å². The van der Waals surface area contributed by atoms with Crippen molar-refractivity contribution in [2.24, 2.45) is 11.8 Å². The van der Waals surface area contributed by atoms with Crippen LogP contribution in [0.4, 0.5) is 20.3 Å². The molecule has 1 aliphatic carbocycles. The number of hydrogen-bond donors (Lipinski definition) is 3. The van der Waals surface area contributed by atoms with E-state index in [1.54, 1.807) is 16.9 Å². The van der Waals surface area contributed by atoms with Gasteiger partial charge >= 0.3 is 0 Å². The van der Waals surface area contributed by atoms with Crippen LogP contribution in [0, 0.1) is 11.8 Å². The van der Waals surface area contributed by atoms with Gasteiger partial charge in [0.25, 0.3) is 12.3 Å². The molecule has 6 rings (SSSR count). The van der Waals surface area contributed by atoms with Crippen molar-refractivity contribution in [3.63, 3.8) is 0 Å². The predicted octanol–water partition coefficient (Wildman–Crippen LogP) is 4.97. The number of carbonyl (C=O) groups excluding carboxylic acids is 1. The standard InChI is InChI=1S/C29H38F2N8O2/c30-27(31)26-23(17-39(37-26)22-7-13-38(14-8-22)12-6-19-3-9-32-10-4-19)35-28(40)24-18-41-29(36-24)21-5-11-33-25(15-21)34-16-20-1-2-20/h5,11,15,17-20,22,27,32H,1-4,6-10,12-14,16H2,(H,33,34)(H,35,40). The smallest absolute Gasteiger partial charge is 0.284 e. The number of nitrogens with one attached hydrogen (secondary N) is 3. The molecule has 2 aliphatic heterocycles. The van der Waals surface area contributed by atoms with Crippen LogP contribution in [0.2, 0.25) is 0 Å². The number of halogens is 2. The molecule has 0 radical (unpaired) electrons. The maximum absolute atomic E-state index is 13.9. The molecule has 3 fully saturated rings. The fourth-order valence-electron chi connectivity index (χ4n) is 5.72. The molecular formula is C29H38F2N8O2. The number of amides is 1. The van der Waals surface area contributed by atoms with Gasteiger partial charge in [-0.2, -0.15) is 5.10 Å². The van der Waals surface area contributed by atoms with Crippen molar-refractivity contribution < 1.29 is 18.0 Å². The van der Waals surface area contributed by atoms with E-state index >= 15 is 0 Å². The molecule has 0 aromatic carbocycles. The Labute approximate surface area is 238 Å². The summed E-state index contributed by atoms with van der Waals surface area (Å²) in [6.45, 7) is 5.99. The maximum atomic E-state index is 13.9. The normalized spacial score (nSPS) is 19.1. The molecular weight excluding hydrogens is 530 g/mol. The Morgan fingerprint density at radius 3 is 2.68 bits per heavy atom. The third-order valence-corrected chi connectivity index (χ3v) is 8.47. The molecule has 0 unspecified atom stereocenters. The van der Waals surface area contributed by atoms with E-state index in [9.17, 15) is 13.6 Å². The van der Waals surface area contributed by atoms with Gasteiger partial charge in [0, 0.05) is 37.6 Å². The Morgan fingerprint density at radius 2 is 1.93 bits per heavy atom. The summed E-state index contributed by atoms with van der Waals surface area (Å²) < 4.78 is 34.9. The lowest BCUT2D eigenvalue weighted by atomic mass is 9.94. The van der Waals surface area contributed by atoms with Crippen molar-refractivity contribution in [2.45, 2.75) is 57.4 Å². The number of rotatable bonds is 11. The Kier molecular flexibility index (Phi) is 8.56. The lowest BCUT2D eigenvalue weighted by molar-refractivity contribution is 0.102. The highest BCUT2D eigenvalue weighted by molar-refractivity contribution is 6.03. The lowest BCUT2D eigenvalue weighted by Crippen LogP contribution is -2.37. The van der Waals surface area contributed by atoms with Gasteiger partial charge in [-0.25, -0.2) is 18.7 Å². The first-order valence-corrected chi connectivity index (χ1v) is 14.8. The number of nitrogens with zero attached hydrogens (tertiary/aromatic N) is 5. The third kappa shape index (κ3) is 7.10. The number of hydrogen-bond acceptors (Lipinski definition) is 8. The number of carbonyl (C=O) groups is 1. The molecule has 41 heavy (non-hydrogen) atoms. The zero-order valence-electron chi connectivity index (χ0n) is 23.2. The third-order valence-electron chi connectivity index (χ3n) is 8.47. The van der Waals surface area contributed by atoms with Gasteiger partial charge in [0.1, 0.15) is 12.1 Å². The van der Waals surface area contributed by atoms with Gasteiger partial charge in [0.15, 0.2) is 11.4 Å². The summed E-state index contributed by atoms with van der Waals surface area (Å²) in [6, 6.07) is 3.57. The number of alkyl halides is 2. The van der Waals surface area contributed by atoms with E-state index < -0.39 is 18.0 Å². The van der Waals surface area contributed by atoms with Crippen molar-refractivity contribution in [2.75, 3.05) is 49.9 Å². The number of pyridine rings is 1. The summed E-state index contributed by atoms with van der Waals surface area (Å²) in [5.41, 5.74) is 0.231. The van der Waals surface area contributed by atoms with Gasteiger partial charge in [-0.15, -0.1) is 0 Å². The van der Waals surface area contributed by atoms with Gasteiger partial charge in [-0.3, -0.25) is 9.48 Å². The van der Waals surface area contributed by atoms with E-state index in [-0.39, 0.29) is 23.3 Å². The second-order valence-corrected chi connectivity index (χ2v) is 11.5. The maximum Gasteiger partial charge on any atom is 0.284 e. The van der Waals surface area contributed by atoms with Crippen LogP contribution in [-0.4, -0.2) is 69.8 Å². The summed E-state index contributed by atoms with van der Waals surface area (Å²) in [6.07, 6.45) is 9.41. The van der Waals surface area contributed by atoms with Crippen LogP contribution < -0.4 is 16.0 Å². The number of aromatic nitrogens is 4. The second-order valence-electron chi connectivity index (χ2n) is 11.5. The molecule has 2 saturated heterocycles. The molecule has 0 spiro atoms. The average Bonchev–Trinajstić information content (AvgIpc) is 3.52. The summed E-state index contributed by atoms with van der Waals surface area (Å²) in [5, 5.41) is 13.5. The lowest BCUT2D eigenvalue weighted by Gasteiger charge is -2.33. The number of anilines is 2. The Morgan fingerprint density at radius 1 is 1.12 bits per heavy atom. The van der Waals surface area contributed by atoms with Gasteiger partial charge in [-0.05, 0) is 88.5 Å². The minimum absolute atomic E-state index is 0.000626. The topological polar surface area (TPSA) is 113 Å². The van der Waals surface area contributed by atoms with Crippen LogP contribution in [0.5, 0.6) is 0 Å². The van der Waals surface area contributed by atoms with Gasteiger partial charge in [0.05, 0.1) is 11.7 Å². The monoisotopic (exact) mass is 568 g/mol. The first-order valence-electron chi connectivity index (χ1n) is 14.8. The highest BCUT2D eigenvalue weighted by atomic mass is 19.3. The highest BCUT2D eigenvalue weighted by Crippen LogP contribution is 2.32. The summed E-state index contributed by atoms with van der Waals surface area (Å²) in [5.74, 6) is 1.82. The average molecular weight is 569 g/mol. The van der Waals surface area contributed by atoms with Gasteiger partial charge < -0.3 is 25.3 Å². The van der Waals surface area contributed by atoms with Crippen LogP contribution in [0.3, 0.4) is 0 Å². The molecule has 0 atom stereocenters. The zero-order chi connectivity index (χ0) is 28.2. The Hall–Kier alpha value is -3.38. The predicted molar refractivity (Wildman–Crippen MR) is 151 cm³/mol. The van der Waals surface area contributed by atoms with Crippen LogP contribution in [0.15, 0.2) is 35.2 Å². The zero-order valence-corrected chi connectivity index (χ0v) is 23.2. The number of piperidine rings is 2. The molecule has 220 valence electrons. The van der Waals surface area contributed by atoms with Crippen LogP contribution >= 0.6 is 0 Å². The van der Waals surface area contributed by atoms with Crippen molar-refractivity contribution in [1.29, 1.82) is 0 Å². The Balaban J connectivity index is 1.06. The fourth-order valence-corrected chi connectivity index (χ4v) is 5.72. The highest BCUT2D eigenvalue weighted by Gasteiger charge is 2.27.